The minimum Gasteiger partial charge on any atom is -0.331 e. The fourth-order valence-electron chi connectivity index (χ4n) is 2.61. The zero-order valence-electron chi connectivity index (χ0n) is 16.3. The summed E-state index contributed by atoms with van der Waals surface area (Å²) in [6.45, 7) is 4.56. The molecule has 1 nitrogen and oxygen atoms in total. The van der Waals surface area contributed by atoms with E-state index in [0.29, 0.717) is 0 Å². The molecule has 2 aliphatic rings. The Morgan fingerprint density at radius 1 is 0.714 bits per heavy atom. The SMILES string of the molecule is CCCCCSC1=C(SCCCCC)SC(=C2Sc3c(c(Br)n(C)c3Br)S2)S1. The van der Waals surface area contributed by atoms with Crippen LogP contribution in [0.5, 0.6) is 0 Å². The maximum Gasteiger partial charge on any atom is 0.101 e. The summed E-state index contributed by atoms with van der Waals surface area (Å²) in [5.41, 5.74) is 0. The van der Waals surface area contributed by atoms with E-state index in [1.807, 2.05) is 47.0 Å². The Balaban J connectivity index is 1.69. The van der Waals surface area contributed by atoms with Crippen LogP contribution in [0.15, 0.2) is 35.9 Å². The van der Waals surface area contributed by atoms with Crippen molar-refractivity contribution in [1.29, 1.82) is 0 Å². The van der Waals surface area contributed by atoms with E-state index in [4.69, 9.17) is 0 Å². The van der Waals surface area contributed by atoms with Gasteiger partial charge in [-0.1, -0.05) is 86.6 Å². The van der Waals surface area contributed by atoms with Crippen LogP contribution in [-0.2, 0) is 7.05 Å². The Hall–Kier alpha value is 1.82. The third-order valence-electron chi connectivity index (χ3n) is 4.23. The molecule has 0 bridgehead atoms. The summed E-state index contributed by atoms with van der Waals surface area (Å²) in [5.74, 6) is 2.49. The lowest BCUT2D eigenvalue weighted by Crippen LogP contribution is -1.87. The molecule has 28 heavy (non-hydrogen) atoms. The Morgan fingerprint density at radius 2 is 1.14 bits per heavy atom. The highest BCUT2D eigenvalue weighted by Gasteiger charge is 2.33. The number of fused-ring (bicyclic) bond motifs is 1. The van der Waals surface area contributed by atoms with Crippen LogP contribution in [0.1, 0.15) is 52.4 Å². The molecule has 1 aromatic rings. The van der Waals surface area contributed by atoms with Crippen molar-refractivity contribution in [2.75, 3.05) is 11.5 Å². The van der Waals surface area contributed by atoms with Gasteiger partial charge in [-0.25, -0.2) is 0 Å². The summed E-state index contributed by atoms with van der Waals surface area (Å²) in [5, 5.41) is 0. The summed E-state index contributed by atoms with van der Waals surface area (Å²) in [6, 6.07) is 0. The van der Waals surface area contributed by atoms with Crippen LogP contribution in [0.3, 0.4) is 0 Å². The Kier molecular flexibility index (Phi) is 10.6. The Morgan fingerprint density at radius 3 is 1.57 bits per heavy atom. The fourth-order valence-corrected chi connectivity index (χ4v) is 13.3. The first-order valence-corrected chi connectivity index (χ1v) is 16.4. The summed E-state index contributed by atoms with van der Waals surface area (Å²) >= 11 is 19.5. The van der Waals surface area contributed by atoms with Crippen LogP contribution < -0.4 is 0 Å². The molecule has 0 N–H and O–H groups in total. The van der Waals surface area contributed by atoms with Crippen molar-refractivity contribution < 1.29 is 0 Å². The highest BCUT2D eigenvalue weighted by atomic mass is 79.9. The molecule has 0 unspecified atom stereocenters. The van der Waals surface area contributed by atoms with Gasteiger partial charge in [-0.15, -0.1) is 23.5 Å². The van der Waals surface area contributed by atoms with E-state index < -0.39 is 0 Å². The molecule has 0 spiro atoms. The van der Waals surface area contributed by atoms with E-state index in [1.54, 1.807) is 8.47 Å². The van der Waals surface area contributed by atoms with Crippen molar-refractivity contribution in [2.45, 2.75) is 62.2 Å². The second-order valence-electron chi connectivity index (χ2n) is 6.47. The molecule has 2 aliphatic heterocycles. The maximum atomic E-state index is 3.75. The molecule has 0 radical (unpaired) electrons. The van der Waals surface area contributed by atoms with Crippen molar-refractivity contribution >= 4 is 102 Å². The van der Waals surface area contributed by atoms with Gasteiger partial charge in [0.2, 0.25) is 0 Å². The van der Waals surface area contributed by atoms with Crippen molar-refractivity contribution in [1.82, 2.24) is 4.57 Å². The summed E-state index contributed by atoms with van der Waals surface area (Å²) < 4.78 is 10.5. The van der Waals surface area contributed by atoms with E-state index in [-0.39, 0.29) is 0 Å². The third kappa shape index (κ3) is 5.99. The number of hydrogen-bond donors (Lipinski definition) is 0. The van der Waals surface area contributed by atoms with Crippen LogP contribution >= 0.6 is 102 Å². The van der Waals surface area contributed by atoms with Gasteiger partial charge < -0.3 is 4.57 Å². The molecular weight excluding hydrogens is 594 g/mol. The lowest BCUT2D eigenvalue weighted by atomic mass is 10.3. The van der Waals surface area contributed by atoms with Gasteiger partial charge in [0.15, 0.2) is 0 Å². The molecule has 9 heteroatoms. The van der Waals surface area contributed by atoms with E-state index in [1.165, 1.54) is 77.5 Å². The first-order valence-electron chi connectivity index (χ1n) is 9.56. The highest BCUT2D eigenvalue weighted by Crippen LogP contribution is 2.66. The number of nitrogens with zero attached hydrogens (tertiary/aromatic N) is 1. The monoisotopic (exact) mass is 617 g/mol. The molecule has 0 saturated heterocycles. The molecule has 0 fully saturated rings. The van der Waals surface area contributed by atoms with Gasteiger partial charge in [-0.05, 0) is 56.2 Å². The predicted molar refractivity (Wildman–Crippen MR) is 146 cm³/mol. The van der Waals surface area contributed by atoms with Crippen LogP contribution in [0.25, 0.3) is 0 Å². The topological polar surface area (TPSA) is 4.93 Å². The summed E-state index contributed by atoms with van der Waals surface area (Å²) in [7, 11) is 2.09. The molecule has 0 saturated carbocycles. The van der Waals surface area contributed by atoms with Gasteiger partial charge in [0.05, 0.1) is 26.7 Å². The lowest BCUT2D eigenvalue weighted by Gasteiger charge is -2.04. The van der Waals surface area contributed by atoms with Crippen LogP contribution in [0, 0.1) is 0 Å². The van der Waals surface area contributed by atoms with Crippen LogP contribution in [0.2, 0.25) is 0 Å². The van der Waals surface area contributed by atoms with E-state index >= 15 is 0 Å². The third-order valence-corrected chi connectivity index (χ3v) is 15.4. The highest BCUT2D eigenvalue weighted by molar-refractivity contribution is 9.11. The zero-order valence-corrected chi connectivity index (χ0v) is 24.4. The molecule has 0 atom stereocenters. The smallest absolute Gasteiger partial charge is 0.101 e. The van der Waals surface area contributed by atoms with E-state index in [0.717, 1.165) is 0 Å². The quantitative estimate of drug-likeness (QED) is 0.239. The number of thioether (sulfide) groups is 6. The van der Waals surface area contributed by atoms with Crippen LogP contribution in [0.4, 0.5) is 0 Å². The first kappa shape index (κ1) is 24.5. The summed E-state index contributed by atoms with van der Waals surface area (Å²) in [6.07, 6.45) is 7.93. The fraction of sp³-hybridized carbons (Fsp3) is 0.579. The van der Waals surface area contributed by atoms with E-state index in [2.05, 4.69) is 80.8 Å². The van der Waals surface area contributed by atoms with Gasteiger partial charge in [-0.3, -0.25) is 0 Å². The summed E-state index contributed by atoms with van der Waals surface area (Å²) in [4.78, 5) is 2.70. The molecule has 156 valence electrons. The number of aromatic nitrogens is 1. The van der Waals surface area contributed by atoms with Gasteiger partial charge in [0, 0.05) is 7.05 Å². The number of halogens is 2. The number of rotatable bonds is 10. The Bertz CT molecular complexity index is 713. The van der Waals surface area contributed by atoms with Crippen LogP contribution in [-0.4, -0.2) is 16.1 Å². The molecular formula is C19H25Br2NS6. The molecule has 0 aliphatic carbocycles. The molecule has 1 aromatic heterocycles. The first-order chi connectivity index (χ1) is 13.6. The second kappa shape index (κ2) is 12.2. The standard InChI is InChI=1S/C19H25Br2NS6/c1-4-6-8-10-23-16-17(24-11-9-7-5-2)28-19(27-16)18-25-12-13(26-18)15(21)22(3)14(12)20/h4-11H2,1-3H3. The van der Waals surface area contributed by atoms with E-state index in [9.17, 15) is 0 Å². The second-order valence-corrected chi connectivity index (χ2v) is 15.3. The average Bonchev–Trinajstić information content (AvgIpc) is 3.35. The zero-order chi connectivity index (χ0) is 20.1. The van der Waals surface area contributed by atoms with Crippen molar-refractivity contribution in [3.05, 3.63) is 26.2 Å². The van der Waals surface area contributed by atoms with Gasteiger partial charge in [0.25, 0.3) is 0 Å². The van der Waals surface area contributed by atoms with Crippen molar-refractivity contribution in [3.63, 3.8) is 0 Å². The molecule has 3 rings (SSSR count). The average molecular weight is 620 g/mol. The Labute approximate surface area is 211 Å². The minimum absolute atomic E-state index is 1.17. The normalized spacial score (nSPS) is 16.6. The van der Waals surface area contributed by atoms with Crippen molar-refractivity contribution in [3.8, 4) is 0 Å². The molecule has 3 heterocycles. The van der Waals surface area contributed by atoms with Gasteiger partial charge in [0.1, 0.15) is 9.21 Å². The molecule has 0 aromatic carbocycles. The number of unbranched alkanes of at least 4 members (excludes halogenated alkanes) is 4. The van der Waals surface area contributed by atoms with Crippen molar-refractivity contribution in [2.24, 2.45) is 7.05 Å². The molecule has 0 amide bonds. The number of hydrogen-bond acceptors (Lipinski definition) is 6. The maximum absolute atomic E-state index is 3.75. The largest absolute Gasteiger partial charge is 0.331 e. The predicted octanol–water partition coefficient (Wildman–Crippen LogP) is 10.3. The lowest BCUT2D eigenvalue weighted by molar-refractivity contribution is 0.779. The van der Waals surface area contributed by atoms with Gasteiger partial charge >= 0.3 is 0 Å². The minimum atomic E-state index is 1.17. The van der Waals surface area contributed by atoms with Gasteiger partial charge in [-0.2, -0.15) is 0 Å².